The van der Waals surface area contributed by atoms with Crippen LogP contribution >= 0.6 is 0 Å². The van der Waals surface area contributed by atoms with E-state index in [2.05, 4.69) is 190 Å². The van der Waals surface area contributed by atoms with E-state index in [1.165, 1.54) is 65.3 Å². The van der Waals surface area contributed by atoms with Crippen LogP contribution in [0, 0.1) is 0 Å². The monoisotopic (exact) mass is 727 g/mol. The summed E-state index contributed by atoms with van der Waals surface area (Å²) >= 11 is 0. The van der Waals surface area contributed by atoms with Crippen molar-refractivity contribution in [3.05, 3.63) is 164 Å². The molecule has 0 spiro atoms. The topological polar surface area (TPSA) is 38.7 Å². The van der Waals surface area contributed by atoms with Gasteiger partial charge in [0.15, 0.2) is 0 Å². The third-order valence-corrected chi connectivity index (χ3v) is 20.5. The van der Waals surface area contributed by atoms with Crippen molar-refractivity contribution in [1.82, 2.24) is 15.0 Å². The number of hydrogen-bond donors (Lipinski definition) is 0. The first-order chi connectivity index (χ1) is 26.3. The fourth-order valence-corrected chi connectivity index (χ4v) is 17.6. The Morgan fingerprint density at radius 1 is 0.315 bits per heavy atom. The van der Waals surface area contributed by atoms with Gasteiger partial charge in [-0.2, -0.15) is 0 Å². The van der Waals surface area contributed by atoms with Gasteiger partial charge in [-0.05, 0) is 0 Å². The maximum absolute atomic E-state index is 5.59. The predicted molar refractivity (Wildman–Crippen MR) is 234 cm³/mol. The van der Waals surface area contributed by atoms with Gasteiger partial charge in [-0.25, -0.2) is 0 Å². The van der Waals surface area contributed by atoms with E-state index >= 15 is 0 Å². The first kappa shape index (κ1) is 32.6. The molecule has 2 aliphatic heterocycles. The quantitative estimate of drug-likeness (QED) is 0.166. The van der Waals surface area contributed by atoms with Crippen molar-refractivity contribution in [2.45, 2.75) is 26.2 Å². The molecule has 0 fully saturated rings. The van der Waals surface area contributed by atoms with Crippen LogP contribution < -0.4 is 20.7 Å². The fraction of sp³-hybridized carbons (Fsp3) is 0.0816. The summed E-state index contributed by atoms with van der Waals surface area (Å²) in [5, 5.41) is 5.83. The van der Waals surface area contributed by atoms with Gasteiger partial charge in [-0.15, -0.1) is 0 Å². The van der Waals surface area contributed by atoms with E-state index in [0.717, 1.165) is 28.3 Å². The van der Waals surface area contributed by atoms with Gasteiger partial charge in [-0.3, -0.25) is 0 Å². The summed E-state index contributed by atoms with van der Waals surface area (Å²) in [7, 11) is -5.14. The molecular weight excluding hydrogens is 687 g/mol. The molecule has 0 saturated heterocycles. The average molecular weight is 728 g/mol. The van der Waals surface area contributed by atoms with Gasteiger partial charge in [0.05, 0.1) is 0 Å². The third-order valence-electron chi connectivity index (χ3n) is 12.3. The fourth-order valence-electron chi connectivity index (χ4n) is 9.70. The minimum atomic E-state index is -2.59. The molecule has 0 aliphatic carbocycles. The first-order valence-corrected chi connectivity index (χ1v) is 26.2. The van der Waals surface area contributed by atoms with Crippen molar-refractivity contribution in [1.29, 1.82) is 0 Å². The number of hydrogen-bond acceptors (Lipinski definition) is 3. The Labute approximate surface area is 319 Å². The molecule has 3 nitrogen and oxygen atoms in total. The van der Waals surface area contributed by atoms with E-state index in [0.29, 0.717) is 5.82 Å². The molecule has 0 atom stereocenters. The molecule has 3 heterocycles. The third kappa shape index (κ3) is 4.96. The molecule has 54 heavy (non-hydrogen) atoms. The summed E-state index contributed by atoms with van der Waals surface area (Å²) in [6, 6.07) is 59.4. The maximum atomic E-state index is 5.59. The summed E-state index contributed by atoms with van der Waals surface area (Å²) in [4.78, 5) is 16.4. The van der Waals surface area contributed by atoms with E-state index in [1.807, 2.05) is 0 Å². The molecule has 0 saturated carbocycles. The van der Waals surface area contributed by atoms with Crippen molar-refractivity contribution in [3.8, 4) is 78.7 Å². The van der Waals surface area contributed by atoms with Gasteiger partial charge in [0.1, 0.15) is 0 Å². The van der Waals surface area contributed by atoms with Crippen molar-refractivity contribution in [2.24, 2.45) is 0 Å². The van der Waals surface area contributed by atoms with E-state index in [9.17, 15) is 0 Å². The summed E-state index contributed by atoms with van der Waals surface area (Å²) in [5.41, 5.74) is 13.4. The zero-order chi connectivity index (χ0) is 36.6. The molecule has 5 heteroatoms. The van der Waals surface area contributed by atoms with Gasteiger partial charge < -0.3 is 0 Å². The van der Waals surface area contributed by atoms with Crippen LogP contribution in [0.1, 0.15) is 0 Å². The number of nitrogens with zero attached hydrogens (tertiary/aromatic N) is 3. The Morgan fingerprint density at radius 3 is 1.56 bits per heavy atom. The van der Waals surface area contributed by atoms with Gasteiger partial charge in [0.2, 0.25) is 0 Å². The summed E-state index contributed by atoms with van der Waals surface area (Å²) in [5.74, 6) is 2.19. The van der Waals surface area contributed by atoms with Gasteiger partial charge in [-0.1, -0.05) is 0 Å². The molecule has 0 amide bonds. The Bertz CT molecular complexity index is 2760. The van der Waals surface area contributed by atoms with E-state index in [-0.39, 0.29) is 0 Å². The van der Waals surface area contributed by atoms with Crippen molar-refractivity contribution in [3.63, 3.8) is 0 Å². The van der Waals surface area contributed by atoms with Crippen molar-refractivity contribution < 1.29 is 0 Å². The van der Waals surface area contributed by atoms with Crippen LogP contribution in [0.25, 0.3) is 78.7 Å². The minimum absolute atomic E-state index is 0.702. The molecule has 0 N–H and O–H groups in total. The number of aromatic nitrogens is 3. The van der Waals surface area contributed by atoms with Crippen LogP contribution in [0.2, 0.25) is 26.2 Å². The molecule has 0 bridgehead atoms. The van der Waals surface area contributed by atoms with E-state index in [1.54, 1.807) is 0 Å². The van der Waals surface area contributed by atoms with Gasteiger partial charge in [0.25, 0.3) is 0 Å². The summed E-state index contributed by atoms with van der Waals surface area (Å²) in [6.45, 7) is 10.0. The SMILES string of the molecule is C[SiH-]1(C)c2cc(-c3ccccc3)ccc2-c2cccc(-c3nc(-c4ccccc4)nc(-c4c(-c5ccccc5)ccc5c4[SiH-](C)(C)c4ccccc4-5)n3)c21. The van der Waals surface area contributed by atoms with Crippen molar-refractivity contribution >= 4 is 36.9 Å². The van der Waals surface area contributed by atoms with Crippen LogP contribution in [0.3, 0.4) is 0 Å². The molecule has 7 aromatic carbocycles. The van der Waals surface area contributed by atoms with Crippen LogP contribution in [-0.4, -0.2) is 31.1 Å². The number of rotatable bonds is 5. The molecule has 8 aromatic rings. The van der Waals surface area contributed by atoms with Crippen LogP contribution in [0.15, 0.2) is 164 Å². The second-order valence-electron chi connectivity index (χ2n) is 16.3. The average Bonchev–Trinajstić information content (AvgIpc) is 3.60. The summed E-state index contributed by atoms with van der Waals surface area (Å²) < 4.78 is 0. The molecule has 0 radical (unpaired) electrons. The van der Waals surface area contributed by atoms with Crippen LogP contribution in [0.5, 0.6) is 0 Å². The standard InChI is InChI=1S/C49H41N3Si2/c1-53(2)42-26-15-14-23-37(42)40-30-29-36(33-19-10-6-11-20-33)44(46(40)53)49-51-47(34-21-12-7-13-22-34)50-48(52-49)41-25-16-24-39-38-28-27-35(32-17-8-5-9-18-32)31-43(38)54(3,4)45(39)41/h5-31,53-54H,1-4H3/q-2. The van der Waals surface area contributed by atoms with Gasteiger partial charge >= 0.3 is 320 Å². The number of fused-ring (bicyclic) bond motifs is 6. The molecule has 2 aliphatic rings. The Balaban J connectivity index is 1.24. The van der Waals surface area contributed by atoms with Crippen LogP contribution in [0.4, 0.5) is 0 Å². The first-order valence-electron chi connectivity index (χ1n) is 19.3. The summed E-state index contributed by atoms with van der Waals surface area (Å²) in [6.07, 6.45) is 0. The molecule has 262 valence electrons. The number of benzene rings is 7. The Morgan fingerprint density at radius 2 is 0.815 bits per heavy atom. The zero-order valence-electron chi connectivity index (χ0n) is 31.1. The second kappa shape index (κ2) is 12.3. The van der Waals surface area contributed by atoms with E-state index in [4.69, 9.17) is 15.0 Å². The molecular formula is C49H41N3Si2-2. The molecule has 1 aromatic heterocycles. The van der Waals surface area contributed by atoms with Crippen LogP contribution in [-0.2, 0) is 0 Å². The molecule has 0 unspecified atom stereocenters. The van der Waals surface area contributed by atoms with Crippen molar-refractivity contribution in [2.75, 3.05) is 0 Å². The second-order valence-corrected chi connectivity index (χ2v) is 26.2. The predicted octanol–water partition coefficient (Wildman–Crippen LogP) is 9.28. The van der Waals surface area contributed by atoms with Gasteiger partial charge in [0, 0.05) is 0 Å². The Hall–Kier alpha value is -6.02. The zero-order valence-corrected chi connectivity index (χ0v) is 33.4. The molecule has 10 rings (SSSR count). The Kier molecular flexibility index (Phi) is 7.41. The normalized spacial score (nSPS) is 15.4. The van der Waals surface area contributed by atoms with E-state index < -0.39 is 16.1 Å².